The molecule has 19 heavy (non-hydrogen) atoms. The summed E-state index contributed by atoms with van der Waals surface area (Å²) >= 11 is 0. The largest absolute Gasteiger partial charge is 0.367 e. The number of benzene rings is 1. The van der Waals surface area contributed by atoms with Crippen molar-refractivity contribution in [2.45, 2.75) is 6.92 Å². The van der Waals surface area contributed by atoms with E-state index in [0.717, 1.165) is 0 Å². The Morgan fingerprint density at radius 1 is 1.32 bits per heavy atom. The van der Waals surface area contributed by atoms with E-state index < -0.39 is 15.7 Å². The van der Waals surface area contributed by atoms with E-state index in [-0.39, 0.29) is 30.5 Å². The topological polar surface area (TPSA) is 66.5 Å². The maximum absolute atomic E-state index is 13.8. The SMILES string of the molecule is CC(=O)Nc1ccc(F)c(N2CCS(=O)(=O)CC2)c1. The quantitative estimate of drug-likeness (QED) is 0.881. The number of sulfone groups is 1. The normalized spacial score (nSPS) is 18.1. The fourth-order valence-corrected chi connectivity index (χ4v) is 3.19. The Balaban J connectivity index is 2.22. The van der Waals surface area contributed by atoms with Crippen LogP contribution in [0.2, 0.25) is 0 Å². The smallest absolute Gasteiger partial charge is 0.221 e. The minimum absolute atomic E-state index is 0.0246. The van der Waals surface area contributed by atoms with E-state index in [1.165, 1.54) is 25.1 Å². The number of rotatable bonds is 2. The van der Waals surface area contributed by atoms with Crippen molar-refractivity contribution in [2.75, 3.05) is 34.8 Å². The second-order valence-corrected chi connectivity index (χ2v) is 6.79. The second kappa shape index (κ2) is 5.16. The molecule has 1 aliphatic heterocycles. The lowest BCUT2D eigenvalue weighted by Gasteiger charge is -2.29. The number of halogens is 1. The zero-order chi connectivity index (χ0) is 14.0. The predicted molar refractivity (Wildman–Crippen MR) is 71.6 cm³/mol. The summed E-state index contributed by atoms with van der Waals surface area (Å²) < 4.78 is 36.5. The molecule has 0 atom stereocenters. The van der Waals surface area contributed by atoms with Crippen LogP contribution in [0.3, 0.4) is 0 Å². The molecule has 0 aromatic heterocycles. The molecule has 1 fully saturated rings. The van der Waals surface area contributed by atoms with Crippen LogP contribution in [0.1, 0.15) is 6.92 Å². The summed E-state index contributed by atoms with van der Waals surface area (Å²) in [4.78, 5) is 12.7. The highest BCUT2D eigenvalue weighted by atomic mass is 32.2. The molecule has 1 aromatic carbocycles. The van der Waals surface area contributed by atoms with Gasteiger partial charge in [0.25, 0.3) is 0 Å². The summed E-state index contributed by atoms with van der Waals surface area (Å²) in [7, 11) is -3.00. The zero-order valence-electron chi connectivity index (χ0n) is 10.5. The standard InChI is InChI=1S/C12H15FN2O3S/c1-9(16)14-10-2-3-11(13)12(8-10)15-4-6-19(17,18)7-5-15/h2-3,8H,4-7H2,1H3,(H,14,16). The monoisotopic (exact) mass is 286 g/mol. The predicted octanol–water partition coefficient (Wildman–Crippen LogP) is 1.02. The third-order valence-corrected chi connectivity index (χ3v) is 4.56. The first-order chi connectivity index (χ1) is 8.87. The highest BCUT2D eigenvalue weighted by Crippen LogP contribution is 2.25. The highest BCUT2D eigenvalue weighted by Gasteiger charge is 2.23. The highest BCUT2D eigenvalue weighted by molar-refractivity contribution is 7.91. The molecule has 1 amide bonds. The molecule has 0 aliphatic carbocycles. The average Bonchev–Trinajstić information content (AvgIpc) is 2.31. The van der Waals surface area contributed by atoms with Gasteiger partial charge in [-0.15, -0.1) is 0 Å². The number of hydrogen-bond acceptors (Lipinski definition) is 4. The Morgan fingerprint density at radius 2 is 1.95 bits per heavy atom. The zero-order valence-corrected chi connectivity index (χ0v) is 11.3. The molecule has 104 valence electrons. The van der Waals surface area contributed by atoms with E-state index in [1.807, 2.05) is 0 Å². The summed E-state index contributed by atoms with van der Waals surface area (Å²) in [6.45, 7) is 1.90. The number of nitrogens with zero attached hydrogens (tertiary/aromatic N) is 1. The molecule has 1 N–H and O–H groups in total. The van der Waals surface area contributed by atoms with Crippen LogP contribution in [0.25, 0.3) is 0 Å². The van der Waals surface area contributed by atoms with Crippen LogP contribution in [0.15, 0.2) is 18.2 Å². The van der Waals surface area contributed by atoms with Gasteiger partial charge >= 0.3 is 0 Å². The van der Waals surface area contributed by atoms with Crippen molar-refractivity contribution >= 4 is 27.1 Å². The average molecular weight is 286 g/mol. The first-order valence-electron chi connectivity index (χ1n) is 5.90. The molecule has 1 saturated heterocycles. The van der Waals surface area contributed by atoms with Gasteiger partial charge in [0, 0.05) is 25.7 Å². The van der Waals surface area contributed by atoms with Crippen molar-refractivity contribution in [3.8, 4) is 0 Å². The van der Waals surface area contributed by atoms with Gasteiger partial charge in [-0.2, -0.15) is 0 Å². The molecule has 0 bridgehead atoms. The molecule has 0 unspecified atom stereocenters. The number of anilines is 2. The minimum atomic E-state index is -3.00. The Bertz CT molecular complexity index is 587. The second-order valence-electron chi connectivity index (χ2n) is 4.49. The van der Waals surface area contributed by atoms with Crippen molar-refractivity contribution in [1.82, 2.24) is 0 Å². The number of carbonyl (C=O) groups is 1. The Kier molecular flexibility index (Phi) is 3.75. The molecule has 7 heteroatoms. The van der Waals surface area contributed by atoms with Crippen LogP contribution in [0.4, 0.5) is 15.8 Å². The summed E-state index contributed by atoms with van der Waals surface area (Å²) in [6.07, 6.45) is 0. The lowest BCUT2D eigenvalue weighted by Crippen LogP contribution is -2.40. The maximum atomic E-state index is 13.8. The summed E-state index contributed by atoms with van der Waals surface area (Å²) in [5.41, 5.74) is 0.818. The number of hydrogen-bond donors (Lipinski definition) is 1. The maximum Gasteiger partial charge on any atom is 0.221 e. The third-order valence-electron chi connectivity index (χ3n) is 2.95. The van der Waals surface area contributed by atoms with Gasteiger partial charge in [0.1, 0.15) is 5.82 Å². The molecule has 0 spiro atoms. The molecule has 1 aliphatic rings. The van der Waals surface area contributed by atoms with E-state index in [1.54, 1.807) is 4.90 Å². The van der Waals surface area contributed by atoms with Crippen LogP contribution < -0.4 is 10.2 Å². The van der Waals surface area contributed by atoms with Gasteiger partial charge in [0.2, 0.25) is 5.91 Å². The van der Waals surface area contributed by atoms with Crippen LogP contribution in [0.5, 0.6) is 0 Å². The molecule has 0 saturated carbocycles. The first kappa shape index (κ1) is 13.8. The van der Waals surface area contributed by atoms with Gasteiger partial charge < -0.3 is 10.2 Å². The van der Waals surface area contributed by atoms with E-state index in [2.05, 4.69) is 5.32 Å². The summed E-state index contributed by atoms with van der Waals surface area (Å²) in [5, 5.41) is 2.58. The van der Waals surface area contributed by atoms with Crippen LogP contribution in [0, 0.1) is 5.82 Å². The van der Waals surface area contributed by atoms with E-state index in [4.69, 9.17) is 0 Å². The van der Waals surface area contributed by atoms with Crippen molar-refractivity contribution in [3.05, 3.63) is 24.0 Å². The molecular formula is C12H15FN2O3S. The van der Waals surface area contributed by atoms with Gasteiger partial charge in [-0.3, -0.25) is 4.79 Å². The summed E-state index contributed by atoms with van der Waals surface area (Å²) in [6, 6.07) is 4.26. The van der Waals surface area contributed by atoms with E-state index in [9.17, 15) is 17.6 Å². The van der Waals surface area contributed by atoms with Crippen LogP contribution in [-0.2, 0) is 14.6 Å². The number of nitrogens with one attached hydrogen (secondary N) is 1. The Hall–Kier alpha value is -1.63. The lowest BCUT2D eigenvalue weighted by atomic mass is 10.2. The summed E-state index contributed by atoms with van der Waals surface area (Å²) in [5.74, 6) is -0.611. The van der Waals surface area contributed by atoms with Gasteiger partial charge in [-0.25, -0.2) is 12.8 Å². The first-order valence-corrected chi connectivity index (χ1v) is 7.72. The fraction of sp³-hybridized carbons (Fsp3) is 0.417. The van der Waals surface area contributed by atoms with Crippen molar-refractivity contribution in [1.29, 1.82) is 0 Å². The molecular weight excluding hydrogens is 271 g/mol. The van der Waals surface area contributed by atoms with Crippen LogP contribution >= 0.6 is 0 Å². The molecule has 0 radical (unpaired) electrons. The number of amides is 1. The lowest BCUT2D eigenvalue weighted by molar-refractivity contribution is -0.114. The van der Waals surface area contributed by atoms with Gasteiger partial charge in [-0.1, -0.05) is 0 Å². The molecule has 2 rings (SSSR count). The van der Waals surface area contributed by atoms with E-state index >= 15 is 0 Å². The van der Waals surface area contributed by atoms with Crippen LogP contribution in [-0.4, -0.2) is 38.9 Å². The Labute approximate surface area is 111 Å². The third kappa shape index (κ3) is 3.44. The van der Waals surface area contributed by atoms with Crippen molar-refractivity contribution in [2.24, 2.45) is 0 Å². The van der Waals surface area contributed by atoms with Crippen molar-refractivity contribution < 1.29 is 17.6 Å². The Morgan fingerprint density at radius 3 is 2.53 bits per heavy atom. The van der Waals surface area contributed by atoms with Crippen molar-refractivity contribution in [3.63, 3.8) is 0 Å². The molecule has 1 aromatic rings. The molecule has 1 heterocycles. The van der Waals surface area contributed by atoms with Gasteiger partial charge in [0.05, 0.1) is 17.2 Å². The fourth-order valence-electron chi connectivity index (χ4n) is 1.99. The minimum Gasteiger partial charge on any atom is -0.367 e. The number of carbonyl (C=O) groups excluding carboxylic acids is 1. The van der Waals surface area contributed by atoms with Gasteiger partial charge in [-0.05, 0) is 18.2 Å². The van der Waals surface area contributed by atoms with Gasteiger partial charge in [0.15, 0.2) is 9.84 Å². The molecule has 5 nitrogen and oxygen atoms in total. The van der Waals surface area contributed by atoms with E-state index in [0.29, 0.717) is 11.4 Å².